The van der Waals surface area contributed by atoms with Crippen LogP contribution < -0.4 is 5.32 Å². The lowest BCUT2D eigenvalue weighted by Gasteiger charge is -2.18. The van der Waals surface area contributed by atoms with Gasteiger partial charge in [-0.25, -0.2) is 17.2 Å². The molecule has 0 fully saturated rings. The first-order valence-electron chi connectivity index (χ1n) is 6.78. The third kappa shape index (κ3) is 4.46. The zero-order chi connectivity index (χ0) is 18.8. The highest BCUT2D eigenvalue weighted by Gasteiger charge is 2.26. The van der Waals surface area contributed by atoms with Crippen molar-refractivity contribution in [3.63, 3.8) is 0 Å². The third-order valence-electron chi connectivity index (χ3n) is 3.18. The van der Waals surface area contributed by atoms with Crippen LogP contribution in [0, 0.1) is 11.6 Å². The molecule has 0 aromatic heterocycles. The molecule has 0 saturated heterocycles. The predicted octanol–water partition coefficient (Wildman–Crippen LogP) is 3.53. The molecule has 0 aliphatic rings. The molecule has 0 radical (unpaired) electrons. The van der Waals surface area contributed by atoms with E-state index in [1.165, 1.54) is 12.1 Å². The molecule has 0 bridgehead atoms. The molecule has 0 aliphatic heterocycles. The molecule has 5 nitrogen and oxygen atoms in total. The first-order chi connectivity index (χ1) is 11.6. The van der Waals surface area contributed by atoms with E-state index in [2.05, 4.69) is 5.32 Å². The van der Waals surface area contributed by atoms with Crippen LogP contribution in [0.2, 0.25) is 10.0 Å². The van der Waals surface area contributed by atoms with Crippen molar-refractivity contribution in [2.24, 2.45) is 0 Å². The number of carbonyl (C=O) groups is 1. The second kappa shape index (κ2) is 7.65. The molecule has 0 heterocycles. The molecule has 0 saturated carbocycles. The Kier molecular flexibility index (Phi) is 5.99. The topological polar surface area (TPSA) is 66.5 Å². The number of hydrogen-bond donors (Lipinski definition) is 1. The minimum absolute atomic E-state index is 0.134. The van der Waals surface area contributed by atoms with Crippen molar-refractivity contribution in [2.75, 3.05) is 18.9 Å². The number of halogens is 4. The van der Waals surface area contributed by atoms with E-state index < -0.39 is 39.0 Å². The Hall–Kier alpha value is -1.74. The summed E-state index contributed by atoms with van der Waals surface area (Å²) in [5.74, 6) is -2.89. The second-order valence-corrected chi connectivity index (χ2v) is 7.81. The number of benzene rings is 2. The fourth-order valence-corrected chi connectivity index (χ4v) is 3.60. The van der Waals surface area contributed by atoms with Gasteiger partial charge in [-0.2, -0.15) is 4.31 Å². The number of amides is 1. The van der Waals surface area contributed by atoms with E-state index in [-0.39, 0.29) is 15.7 Å². The van der Waals surface area contributed by atoms with E-state index in [1.54, 1.807) is 6.07 Å². The molecule has 1 amide bonds. The van der Waals surface area contributed by atoms with Crippen LogP contribution in [-0.2, 0) is 14.8 Å². The minimum Gasteiger partial charge on any atom is -0.322 e. The number of hydrogen-bond acceptors (Lipinski definition) is 3. The van der Waals surface area contributed by atoms with Gasteiger partial charge in [-0.3, -0.25) is 4.79 Å². The van der Waals surface area contributed by atoms with Gasteiger partial charge in [0.15, 0.2) is 0 Å². The fourth-order valence-electron chi connectivity index (χ4n) is 1.94. The Bertz CT molecular complexity index is 903. The van der Waals surface area contributed by atoms with Crippen molar-refractivity contribution in [1.29, 1.82) is 0 Å². The van der Waals surface area contributed by atoms with Crippen LogP contribution in [0.5, 0.6) is 0 Å². The molecule has 2 aromatic carbocycles. The average molecular weight is 409 g/mol. The quantitative estimate of drug-likeness (QED) is 0.822. The standard InChI is InChI=1S/C15H12Cl2F2N2O3S/c1-21(25(23,24)13-6-5-9(18)7-12(13)19)8-14(22)20-15-10(16)3-2-4-11(15)17/h2-7H,8H2,1H3,(H,20,22). The van der Waals surface area contributed by atoms with Gasteiger partial charge < -0.3 is 5.32 Å². The molecule has 0 unspecified atom stereocenters. The Morgan fingerprint density at radius 3 is 2.32 bits per heavy atom. The van der Waals surface area contributed by atoms with E-state index in [0.29, 0.717) is 10.4 Å². The molecule has 1 N–H and O–H groups in total. The monoisotopic (exact) mass is 408 g/mol. The van der Waals surface area contributed by atoms with E-state index in [1.807, 2.05) is 0 Å². The van der Waals surface area contributed by atoms with Crippen molar-refractivity contribution < 1.29 is 22.0 Å². The maximum absolute atomic E-state index is 13.7. The summed E-state index contributed by atoms with van der Waals surface area (Å²) >= 11 is 11.8. The first kappa shape index (κ1) is 19.6. The summed E-state index contributed by atoms with van der Waals surface area (Å²) in [7, 11) is -3.24. The number of para-hydroxylation sites is 1. The van der Waals surface area contributed by atoms with Crippen LogP contribution in [0.15, 0.2) is 41.3 Å². The highest BCUT2D eigenvalue weighted by molar-refractivity contribution is 7.89. The summed E-state index contributed by atoms with van der Waals surface area (Å²) in [6, 6.07) is 6.63. The number of rotatable bonds is 5. The number of likely N-dealkylation sites (N-methyl/N-ethyl adjacent to an activating group) is 1. The van der Waals surface area contributed by atoms with E-state index in [9.17, 15) is 22.0 Å². The summed E-state index contributed by atoms with van der Waals surface area (Å²) in [5.41, 5.74) is 0.134. The average Bonchev–Trinajstić information content (AvgIpc) is 2.50. The molecule has 0 aliphatic carbocycles. The van der Waals surface area contributed by atoms with Gasteiger partial charge in [-0.1, -0.05) is 29.3 Å². The molecule has 10 heteroatoms. The second-order valence-electron chi connectivity index (χ2n) is 4.98. The lowest BCUT2D eigenvalue weighted by Crippen LogP contribution is -2.35. The van der Waals surface area contributed by atoms with Gasteiger partial charge in [0, 0.05) is 13.1 Å². The van der Waals surface area contributed by atoms with Crippen molar-refractivity contribution in [3.05, 3.63) is 58.1 Å². The van der Waals surface area contributed by atoms with Crippen molar-refractivity contribution >= 4 is 44.8 Å². The molecular weight excluding hydrogens is 397 g/mol. The number of sulfonamides is 1. The van der Waals surface area contributed by atoms with Gasteiger partial charge in [-0.05, 0) is 24.3 Å². The van der Waals surface area contributed by atoms with Crippen molar-refractivity contribution in [3.8, 4) is 0 Å². The Labute approximate surface area is 153 Å². The van der Waals surface area contributed by atoms with Crippen LogP contribution in [0.1, 0.15) is 0 Å². The normalized spacial score (nSPS) is 11.6. The number of nitrogens with zero attached hydrogens (tertiary/aromatic N) is 1. The maximum atomic E-state index is 13.7. The van der Waals surface area contributed by atoms with Crippen LogP contribution >= 0.6 is 23.2 Å². The van der Waals surface area contributed by atoms with Crippen LogP contribution in [0.3, 0.4) is 0 Å². The SMILES string of the molecule is CN(CC(=O)Nc1c(Cl)cccc1Cl)S(=O)(=O)c1ccc(F)cc1F. The predicted molar refractivity (Wildman–Crippen MR) is 91.3 cm³/mol. The van der Waals surface area contributed by atoms with E-state index in [4.69, 9.17) is 23.2 Å². The summed E-state index contributed by atoms with van der Waals surface area (Å²) in [5, 5.41) is 2.75. The fraction of sp³-hybridized carbons (Fsp3) is 0.133. The lowest BCUT2D eigenvalue weighted by atomic mass is 10.3. The van der Waals surface area contributed by atoms with Gasteiger partial charge in [0.25, 0.3) is 0 Å². The molecule has 134 valence electrons. The van der Waals surface area contributed by atoms with Gasteiger partial charge in [0.1, 0.15) is 16.5 Å². The molecular formula is C15H12Cl2F2N2O3S. The third-order valence-corrected chi connectivity index (χ3v) is 5.64. The van der Waals surface area contributed by atoms with Gasteiger partial charge in [-0.15, -0.1) is 0 Å². The van der Waals surface area contributed by atoms with Crippen LogP contribution in [0.4, 0.5) is 14.5 Å². The van der Waals surface area contributed by atoms with Gasteiger partial charge in [0.2, 0.25) is 15.9 Å². The summed E-state index contributed by atoms with van der Waals surface area (Å²) in [4.78, 5) is 11.3. The molecule has 2 rings (SSSR count). The zero-order valence-electron chi connectivity index (χ0n) is 12.8. The summed E-state index contributed by atoms with van der Waals surface area (Å²) < 4.78 is 51.9. The van der Waals surface area contributed by atoms with E-state index in [0.717, 1.165) is 19.2 Å². The Morgan fingerprint density at radius 2 is 1.76 bits per heavy atom. The Balaban J connectivity index is 2.18. The lowest BCUT2D eigenvalue weighted by molar-refractivity contribution is -0.116. The highest BCUT2D eigenvalue weighted by Crippen LogP contribution is 2.29. The maximum Gasteiger partial charge on any atom is 0.246 e. The number of anilines is 1. The smallest absolute Gasteiger partial charge is 0.246 e. The number of nitrogens with one attached hydrogen (secondary N) is 1. The van der Waals surface area contributed by atoms with Gasteiger partial charge in [0.05, 0.1) is 22.3 Å². The van der Waals surface area contributed by atoms with Crippen LogP contribution in [-0.4, -0.2) is 32.2 Å². The summed E-state index contributed by atoms with van der Waals surface area (Å²) in [6.45, 7) is -0.624. The zero-order valence-corrected chi connectivity index (χ0v) is 15.1. The minimum atomic E-state index is -4.33. The molecule has 0 atom stereocenters. The summed E-state index contributed by atoms with van der Waals surface area (Å²) in [6.07, 6.45) is 0. The number of carbonyl (C=O) groups excluding carboxylic acids is 1. The van der Waals surface area contributed by atoms with Crippen molar-refractivity contribution in [2.45, 2.75) is 4.90 Å². The Morgan fingerprint density at radius 1 is 1.16 bits per heavy atom. The highest BCUT2D eigenvalue weighted by atomic mass is 35.5. The van der Waals surface area contributed by atoms with Crippen LogP contribution in [0.25, 0.3) is 0 Å². The van der Waals surface area contributed by atoms with Gasteiger partial charge >= 0.3 is 0 Å². The van der Waals surface area contributed by atoms with Crippen molar-refractivity contribution in [1.82, 2.24) is 4.31 Å². The molecule has 0 spiro atoms. The molecule has 2 aromatic rings. The van der Waals surface area contributed by atoms with E-state index >= 15 is 0 Å². The largest absolute Gasteiger partial charge is 0.322 e. The molecule has 25 heavy (non-hydrogen) atoms. The first-order valence-corrected chi connectivity index (χ1v) is 8.98.